The predicted octanol–water partition coefficient (Wildman–Crippen LogP) is 0.463. The molecular weight excluding hydrogens is 222 g/mol. The maximum Gasteiger partial charge on any atom is 0.0522 e. The van der Waals surface area contributed by atoms with Crippen molar-refractivity contribution < 1.29 is 4.21 Å². The lowest BCUT2D eigenvalue weighted by molar-refractivity contribution is 0.479. The molecule has 1 aromatic rings. The monoisotopic (exact) mass is 241 g/mol. The summed E-state index contributed by atoms with van der Waals surface area (Å²) >= 11 is 0. The second-order valence-corrected chi connectivity index (χ2v) is 6.04. The largest absolute Gasteiger partial charge is 0.314 e. The van der Waals surface area contributed by atoms with Crippen molar-refractivity contribution in [3.05, 3.63) is 18.0 Å². The fourth-order valence-electron chi connectivity index (χ4n) is 2.02. The fourth-order valence-corrected chi connectivity index (χ4v) is 3.32. The van der Waals surface area contributed by atoms with Crippen molar-refractivity contribution in [2.24, 2.45) is 7.05 Å². The summed E-state index contributed by atoms with van der Waals surface area (Å²) in [6.07, 6.45) is 7.10. The Hall–Kier alpha value is -0.680. The molecule has 0 saturated carbocycles. The van der Waals surface area contributed by atoms with Gasteiger partial charge in [0.25, 0.3) is 0 Å². The van der Waals surface area contributed by atoms with Crippen LogP contribution in [0, 0.1) is 0 Å². The SMILES string of the molecule is Cn1cc(CCNC2CCS(=O)CC2)cn1. The quantitative estimate of drug-likeness (QED) is 0.833. The van der Waals surface area contributed by atoms with Crippen LogP contribution in [0.2, 0.25) is 0 Å². The van der Waals surface area contributed by atoms with Crippen LogP contribution in [-0.2, 0) is 24.3 Å². The van der Waals surface area contributed by atoms with E-state index in [9.17, 15) is 4.21 Å². The summed E-state index contributed by atoms with van der Waals surface area (Å²) in [7, 11) is 1.39. The first kappa shape index (κ1) is 11.8. The standard InChI is InChI=1S/C11H19N3OS/c1-14-9-10(8-13-14)2-5-12-11-3-6-16(15)7-4-11/h8-9,11-12H,2-7H2,1H3. The number of rotatable bonds is 4. The zero-order chi connectivity index (χ0) is 11.4. The van der Waals surface area contributed by atoms with Crippen molar-refractivity contribution in [3.8, 4) is 0 Å². The maximum atomic E-state index is 11.2. The molecule has 0 atom stereocenters. The summed E-state index contributed by atoms with van der Waals surface area (Å²) in [5.41, 5.74) is 1.27. The third-order valence-corrected chi connectivity index (χ3v) is 4.38. The van der Waals surface area contributed by atoms with Gasteiger partial charge in [-0.05, 0) is 31.4 Å². The molecule has 2 rings (SSSR count). The predicted molar refractivity (Wildman–Crippen MR) is 65.8 cm³/mol. The second-order valence-electron chi connectivity index (χ2n) is 4.35. The molecule has 1 saturated heterocycles. The van der Waals surface area contributed by atoms with Crippen LogP contribution in [0.15, 0.2) is 12.4 Å². The molecule has 4 nitrogen and oxygen atoms in total. The highest BCUT2D eigenvalue weighted by Crippen LogP contribution is 2.09. The highest BCUT2D eigenvalue weighted by molar-refractivity contribution is 7.85. The Labute approximate surface area is 98.9 Å². The Balaban J connectivity index is 1.66. The number of nitrogens with one attached hydrogen (secondary N) is 1. The molecule has 1 aliphatic rings. The molecule has 0 amide bonds. The van der Waals surface area contributed by atoms with Gasteiger partial charge in [-0.15, -0.1) is 0 Å². The van der Waals surface area contributed by atoms with Gasteiger partial charge in [-0.2, -0.15) is 5.10 Å². The van der Waals surface area contributed by atoms with Crippen LogP contribution in [-0.4, -0.2) is 38.1 Å². The van der Waals surface area contributed by atoms with Crippen LogP contribution >= 0.6 is 0 Å². The van der Waals surface area contributed by atoms with Crippen LogP contribution in [0.25, 0.3) is 0 Å². The van der Waals surface area contributed by atoms with Crippen LogP contribution in [0.3, 0.4) is 0 Å². The smallest absolute Gasteiger partial charge is 0.0522 e. The van der Waals surface area contributed by atoms with E-state index in [2.05, 4.69) is 16.6 Å². The molecule has 0 radical (unpaired) electrons. The van der Waals surface area contributed by atoms with Crippen LogP contribution in [0.1, 0.15) is 18.4 Å². The summed E-state index contributed by atoms with van der Waals surface area (Å²) in [5.74, 6) is 1.73. The van der Waals surface area contributed by atoms with Gasteiger partial charge in [0.2, 0.25) is 0 Å². The van der Waals surface area contributed by atoms with Crippen LogP contribution < -0.4 is 5.32 Å². The molecular formula is C11H19N3OS. The molecule has 0 unspecified atom stereocenters. The topological polar surface area (TPSA) is 46.9 Å². The lowest BCUT2D eigenvalue weighted by Gasteiger charge is -2.22. The Bertz CT molecular complexity index is 354. The van der Waals surface area contributed by atoms with E-state index in [0.29, 0.717) is 6.04 Å². The van der Waals surface area contributed by atoms with Crippen LogP contribution in [0.4, 0.5) is 0 Å². The van der Waals surface area contributed by atoms with Gasteiger partial charge in [0, 0.05) is 41.6 Å². The summed E-state index contributed by atoms with van der Waals surface area (Å²) in [6, 6.07) is 0.564. The van der Waals surface area contributed by atoms with Crippen molar-refractivity contribution in [2.75, 3.05) is 18.1 Å². The summed E-state index contributed by atoms with van der Waals surface area (Å²) in [6.45, 7) is 0.989. The first-order valence-corrected chi connectivity index (χ1v) is 7.29. The number of hydrogen-bond donors (Lipinski definition) is 1. The van der Waals surface area contributed by atoms with Gasteiger partial charge >= 0.3 is 0 Å². The average Bonchev–Trinajstić information content (AvgIpc) is 2.67. The van der Waals surface area contributed by atoms with Gasteiger partial charge in [0.1, 0.15) is 0 Å². The summed E-state index contributed by atoms with van der Waals surface area (Å²) in [4.78, 5) is 0. The molecule has 5 heteroatoms. The highest BCUT2D eigenvalue weighted by atomic mass is 32.2. The molecule has 1 N–H and O–H groups in total. The average molecular weight is 241 g/mol. The van der Waals surface area contributed by atoms with E-state index in [1.54, 1.807) is 0 Å². The molecule has 0 spiro atoms. The zero-order valence-electron chi connectivity index (χ0n) is 9.69. The minimum atomic E-state index is -0.552. The van der Waals surface area contributed by atoms with E-state index >= 15 is 0 Å². The van der Waals surface area contributed by atoms with Crippen molar-refractivity contribution in [3.63, 3.8) is 0 Å². The van der Waals surface area contributed by atoms with Crippen molar-refractivity contribution in [1.29, 1.82) is 0 Å². The van der Waals surface area contributed by atoms with E-state index in [-0.39, 0.29) is 0 Å². The lowest BCUT2D eigenvalue weighted by Crippen LogP contribution is -2.36. The molecule has 0 bridgehead atoms. The fraction of sp³-hybridized carbons (Fsp3) is 0.727. The maximum absolute atomic E-state index is 11.2. The van der Waals surface area contributed by atoms with Gasteiger partial charge < -0.3 is 5.32 Å². The molecule has 1 aromatic heterocycles. The van der Waals surface area contributed by atoms with Gasteiger partial charge in [0.05, 0.1) is 6.20 Å². The van der Waals surface area contributed by atoms with Crippen molar-refractivity contribution in [1.82, 2.24) is 15.1 Å². The van der Waals surface area contributed by atoms with Crippen molar-refractivity contribution in [2.45, 2.75) is 25.3 Å². The van der Waals surface area contributed by atoms with E-state index in [4.69, 9.17) is 0 Å². The van der Waals surface area contributed by atoms with E-state index in [0.717, 1.165) is 37.3 Å². The number of nitrogens with zero attached hydrogens (tertiary/aromatic N) is 2. The first-order valence-electron chi connectivity index (χ1n) is 5.80. The van der Waals surface area contributed by atoms with Crippen LogP contribution in [0.5, 0.6) is 0 Å². The summed E-state index contributed by atoms with van der Waals surface area (Å²) in [5, 5.41) is 7.67. The molecule has 16 heavy (non-hydrogen) atoms. The molecule has 0 aromatic carbocycles. The third kappa shape index (κ3) is 3.42. The molecule has 2 heterocycles. The molecule has 0 aliphatic carbocycles. The van der Waals surface area contributed by atoms with Gasteiger partial charge in [0.15, 0.2) is 0 Å². The second kappa shape index (κ2) is 5.59. The molecule has 1 fully saturated rings. The Kier molecular flexibility index (Phi) is 4.12. The minimum absolute atomic E-state index is 0.552. The third-order valence-electron chi connectivity index (χ3n) is 2.99. The van der Waals surface area contributed by atoms with Gasteiger partial charge in [-0.1, -0.05) is 0 Å². The number of aryl methyl sites for hydroxylation is 1. The molecule has 90 valence electrons. The van der Waals surface area contributed by atoms with E-state index < -0.39 is 10.8 Å². The summed E-state index contributed by atoms with van der Waals surface area (Å²) < 4.78 is 13.0. The van der Waals surface area contributed by atoms with Gasteiger partial charge in [-0.3, -0.25) is 8.89 Å². The Morgan fingerprint density at radius 3 is 2.94 bits per heavy atom. The molecule has 1 aliphatic heterocycles. The van der Waals surface area contributed by atoms with Gasteiger partial charge in [-0.25, -0.2) is 0 Å². The minimum Gasteiger partial charge on any atom is -0.314 e. The highest BCUT2D eigenvalue weighted by Gasteiger charge is 2.16. The number of hydrogen-bond acceptors (Lipinski definition) is 3. The zero-order valence-corrected chi connectivity index (χ0v) is 10.5. The first-order chi connectivity index (χ1) is 7.74. The van der Waals surface area contributed by atoms with E-state index in [1.165, 1.54) is 5.56 Å². The van der Waals surface area contributed by atoms with Crippen molar-refractivity contribution >= 4 is 10.8 Å². The Morgan fingerprint density at radius 2 is 2.31 bits per heavy atom. The normalized spacial score (nSPS) is 25.8. The Morgan fingerprint density at radius 1 is 1.56 bits per heavy atom. The lowest BCUT2D eigenvalue weighted by atomic mass is 10.1. The van der Waals surface area contributed by atoms with E-state index in [1.807, 2.05) is 17.9 Å². The number of aromatic nitrogens is 2.